The van der Waals surface area contributed by atoms with Gasteiger partial charge in [0.05, 0.1) is 7.11 Å². The van der Waals surface area contributed by atoms with E-state index >= 15 is 0 Å². The molecule has 1 heterocycles. The molecule has 3 rings (SSSR count). The number of nitrogens with zero attached hydrogens (tertiary/aromatic N) is 1. The zero-order valence-corrected chi connectivity index (χ0v) is 13.2. The minimum Gasteiger partial charge on any atom is -0.496 e. The largest absolute Gasteiger partial charge is 0.496 e. The van der Waals surface area contributed by atoms with Gasteiger partial charge in [0.15, 0.2) is 5.58 Å². The van der Waals surface area contributed by atoms with Crippen LogP contribution in [0.3, 0.4) is 0 Å². The van der Waals surface area contributed by atoms with E-state index in [1.165, 1.54) is 0 Å². The summed E-state index contributed by atoms with van der Waals surface area (Å²) in [6.07, 6.45) is 0. The molecular formula is C15H12BrNO2S. The molecule has 102 valence electrons. The maximum Gasteiger partial charge on any atom is 0.257 e. The average Bonchev–Trinajstić information content (AvgIpc) is 2.88. The van der Waals surface area contributed by atoms with Crippen LogP contribution >= 0.6 is 27.7 Å². The Labute approximate surface area is 129 Å². The number of halogens is 1. The summed E-state index contributed by atoms with van der Waals surface area (Å²) >= 11 is 5.03. The van der Waals surface area contributed by atoms with Crippen LogP contribution in [0.15, 0.2) is 56.6 Å². The summed E-state index contributed by atoms with van der Waals surface area (Å²) in [6, 6.07) is 13.7. The van der Waals surface area contributed by atoms with Crippen LogP contribution in [-0.4, -0.2) is 12.1 Å². The molecule has 2 aromatic carbocycles. The zero-order chi connectivity index (χ0) is 13.9. The van der Waals surface area contributed by atoms with Crippen LogP contribution in [0.4, 0.5) is 0 Å². The van der Waals surface area contributed by atoms with E-state index in [0.29, 0.717) is 5.22 Å². The van der Waals surface area contributed by atoms with Gasteiger partial charge in [-0.2, -0.15) is 0 Å². The summed E-state index contributed by atoms with van der Waals surface area (Å²) in [5.41, 5.74) is 2.81. The van der Waals surface area contributed by atoms with Gasteiger partial charge >= 0.3 is 0 Å². The van der Waals surface area contributed by atoms with Crippen molar-refractivity contribution < 1.29 is 9.15 Å². The average molecular weight is 350 g/mol. The van der Waals surface area contributed by atoms with Crippen molar-refractivity contribution >= 4 is 38.8 Å². The Morgan fingerprint density at radius 3 is 2.90 bits per heavy atom. The highest BCUT2D eigenvalue weighted by atomic mass is 79.9. The van der Waals surface area contributed by atoms with Crippen molar-refractivity contribution in [3.8, 4) is 5.75 Å². The Morgan fingerprint density at radius 1 is 1.25 bits per heavy atom. The third kappa shape index (κ3) is 2.83. The topological polar surface area (TPSA) is 35.3 Å². The molecule has 3 aromatic rings. The third-order valence-electron chi connectivity index (χ3n) is 2.87. The lowest BCUT2D eigenvalue weighted by molar-refractivity contribution is 0.411. The van der Waals surface area contributed by atoms with Crippen LogP contribution in [0.1, 0.15) is 5.56 Å². The second-order valence-corrected chi connectivity index (χ2v) is 6.03. The predicted molar refractivity (Wildman–Crippen MR) is 84.3 cm³/mol. The van der Waals surface area contributed by atoms with Crippen molar-refractivity contribution in [2.75, 3.05) is 7.11 Å². The summed E-state index contributed by atoms with van der Waals surface area (Å²) in [5.74, 6) is 1.62. The van der Waals surface area contributed by atoms with E-state index in [2.05, 4.69) is 27.0 Å². The van der Waals surface area contributed by atoms with Gasteiger partial charge in [-0.15, -0.1) is 0 Å². The molecule has 0 atom stereocenters. The van der Waals surface area contributed by atoms with Gasteiger partial charge < -0.3 is 9.15 Å². The number of hydrogen-bond acceptors (Lipinski definition) is 4. The van der Waals surface area contributed by atoms with Crippen molar-refractivity contribution in [2.24, 2.45) is 0 Å². The maximum atomic E-state index is 5.69. The van der Waals surface area contributed by atoms with Crippen molar-refractivity contribution in [3.05, 3.63) is 52.5 Å². The van der Waals surface area contributed by atoms with E-state index < -0.39 is 0 Å². The molecule has 0 N–H and O–H groups in total. The second kappa shape index (κ2) is 5.89. The summed E-state index contributed by atoms with van der Waals surface area (Å²) in [5, 5.41) is 0.674. The van der Waals surface area contributed by atoms with Gasteiger partial charge in [-0.25, -0.2) is 4.98 Å². The summed E-state index contributed by atoms with van der Waals surface area (Å²) in [4.78, 5) is 4.45. The number of benzene rings is 2. The molecule has 3 nitrogen and oxygen atoms in total. The van der Waals surface area contributed by atoms with Gasteiger partial charge in [0, 0.05) is 15.8 Å². The Balaban J connectivity index is 1.80. The van der Waals surface area contributed by atoms with E-state index in [4.69, 9.17) is 9.15 Å². The highest BCUT2D eigenvalue weighted by Crippen LogP contribution is 2.31. The van der Waals surface area contributed by atoms with E-state index in [9.17, 15) is 0 Å². The second-order valence-electron chi connectivity index (χ2n) is 4.19. The SMILES string of the molecule is COc1ccc(Br)cc1CSc1nc2ccccc2o1. The Bertz CT molecular complexity index is 709. The number of aromatic nitrogens is 1. The molecule has 0 saturated carbocycles. The fourth-order valence-corrected chi connectivity index (χ4v) is 3.14. The number of ether oxygens (including phenoxy) is 1. The molecule has 0 saturated heterocycles. The van der Waals surface area contributed by atoms with E-state index in [-0.39, 0.29) is 0 Å². The van der Waals surface area contributed by atoms with Gasteiger partial charge in [-0.05, 0) is 30.3 Å². The van der Waals surface area contributed by atoms with Gasteiger partial charge in [0.1, 0.15) is 11.3 Å². The summed E-state index contributed by atoms with van der Waals surface area (Å²) in [7, 11) is 1.68. The number of para-hydroxylation sites is 2. The molecule has 0 radical (unpaired) electrons. The molecule has 5 heteroatoms. The van der Waals surface area contributed by atoms with Crippen LogP contribution in [0.2, 0.25) is 0 Å². The fraction of sp³-hybridized carbons (Fsp3) is 0.133. The molecule has 20 heavy (non-hydrogen) atoms. The zero-order valence-electron chi connectivity index (χ0n) is 10.8. The van der Waals surface area contributed by atoms with Crippen molar-refractivity contribution in [1.82, 2.24) is 4.98 Å². The van der Waals surface area contributed by atoms with Gasteiger partial charge in [-0.3, -0.25) is 0 Å². The van der Waals surface area contributed by atoms with Gasteiger partial charge in [0.25, 0.3) is 5.22 Å². The lowest BCUT2D eigenvalue weighted by Crippen LogP contribution is -1.90. The number of oxazole rings is 1. The highest BCUT2D eigenvalue weighted by molar-refractivity contribution is 9.10. The first kappa shape index (κ1) is 13.5. The summed E-state index contributed by atoms with van der Waals surface area (Å²) in [6.45, 7) is 0. The van der Waals surface area contributed by atoms with E-state index in [0.717, 1.165) is 32.6 Å². The molecule has 0 amide bonds. The summed E-state index contributed by atoms with van der Waals surface area (Å²) < 4.78 is 12.1. The minimum absolute atomic E-state index is 0.674. The first-order chi connectivity index (χ1) is 9.76. The fourth-order valence-electron chi connectivity index (χ4n) is 1.91. The third-order valence-corrected chi connectivity index (χ3v) is 4.24. The lowest BCUT2D eigenvalue weighted by atomic mass is 10.2. The molecular weight excluding hydrogens is 338 g/mol. The number of methoxy groups -OCH3 is 1. The van der Waals surface area contributed by atoms with Crippen LogP contribution in [0, 0.1) is 0 Å². The van der Waals surface area contributed by atoms with Gasteiger partial charge in [0.2, 0.25) is 0 Å². The Kier molecular flexibility index (Phi) is 3.98. The maximum absolute atomic E-state index is 5.69. The number of thioether (sulfide) groups is 1. The molecule has 0 aliphatic carbocycles. The molecule has 0 aliphatic rings. The highest BCUT2D eigenvalue weighted by Gasteiger charge is 2.09. The molecule has 0 unspecified atom stereocenters. The first-order valence-electron chi connectivity index (χ1n) is 6.07. The standard InChI is InChI=1S/C15H12BrNO2S/c1-18-13-7-6-11(16)8-10(13)9-20-15-17-12-4-2-3-5-14(12)19-15/h2-8H,9H2,1H3. The minimum atomic E-state index is 0.674. The number of rotatable bonds is 4. The molecule has 0 fully saturated rings. The Morgan fingerprint density at radius 2 is 2.10 bits per heavy atom. The monoisotopic (exact) mass is 349 g/mol. The van der Waals surface area contributed by atoms with E-state index in [1.54, 1.807) is 18.9 Å². The predicted octanol–water partition coefficient (Wildman–Crippen LogP) is 4.89. The van der Waals surface area contributed by atoms with E-state index in [1.807, 2.05) is 36.4 Å². The number of hydrogen-bond donors (Lipinski definition) is 0. The van der Waals surface area contributed by atoms with Crippen LogP contribution in [0.5, 0.6) is 5.75 Å². The van der Waals surface area contributed by atoms with Crippen molar-refractivity contribution in [1.29, 1.82) is 0 Å². The van der Waals surface area contributed by atoms with Crippen LogP contribution < -0.4 is 4.74 Å². The first-order valence-corrected chi connectivity index (χ1v) is 7.85. The van der Waals surface area contributed by atoms with Crippen molar-refractivity contribution in [2.45, 2.75) is 11.0 Å². The number of fused-ring (bicyclic) bond motifs is 1. The molecule has 0 bridgehead atoms. The van der Waals surface area contributed by atoms with Crippen LogP contribution in [0.25, 0.3) is 11.1 Å². The Hall–Kier alpha value is -1.46. The van der Waals surface area contributed by atoms with Crippen molar-refractivity contribution in [3.63, 3.8) is 0 Å². The normalized spacial score (nSPS) is 10.9. The molecule has 0 aliphatic heterocycles. The van der Waals surface area contributed by atoms with Crippen LogP contribution in [-0.2, 0) is 5.75 Å². The molecule has 0 spiro atoms. The van der Waals surface area contributed by atoms with Gasteiger partial charge in [-0.1, -0.05) is 39.8 Å². The molecule has 1 aromatic heterocycles. The smallest absolute Gasteiger partial charge is 0.257 e. The quantitative estimate of drug-likeness (QED) is 0.628. The lowest BCUT2D eigenvalue weighted by Gasteiger charge is -2.07.